The molecule has 2 aliphatic rings. The normalized spacial score (nSPS) is 19.7. The van der Waals surface area contributed by atoms with Crippen LogP contribution in [0.4, 0.5) is 0 Å². The van der Waals surface area contributed by atoms with Crippen LogP contribution in [0.1, 0.15) is 22.0 Å². The number of halogens is 1. The van der Waals surface area contributed by atoms with E-state index in [1.807, 2.05) is 36.4 Å². The predicted octanol–water partition coefficient (Wildman–Crippen LogP) is 3.75. The molecule has 0 radical (unpaired) electrons. The number of hydroxylamine groups is 2. The summed E-state index contributed by atoms with van der Waals surface area (Å²) in [5.41, 5.74) is 1.40. The minimum absolute atomic E-state index is 0.0409. The molecule has 2 aliphatic heterocycles. The van der Waals surface area contributed by atoms with E-state index in [1.54, 1.807) is 24.3 Å². The number of hydrogen-bond acceptors (Lipinski definition) is 4. The quantitative estimate of drug-likeness (QED) is 0.698. The number of amides is 2. The average molecular weight is 423 g/mol. The SMILES string of the molecule is O=C(NCC(=O)N1OC[C@H]2COc3ccc4ccccc4c3[C@@H]21)c1ccc(Cl)cc1. The summed E-state index contributed by atoms with van der Waals surface area (Å²) in [4.78, 5) is 31.1. The monoisotopic (exact) mass is 422 g/mol. The van der Waals surface area contributed by atoms with E-state index in [9.17, 15) is 9.59 Å². The zero-order valence-corrected chi connectivity index (χ0v) is 16.8. The number of fused-ring (bicyclic) bond motifs is 5. The van der Waals surface area contributed by atoms with E-state index < -0.39 is 0 Å². The van der Waals surface area contributed by atoms with Gasteiger partial charge in [0.25, 0.3) is 11.8 Å². The average Bonchev–Trinajstić information content (AvgIpc) is 3.22. The van der Waals surface area contributed by atoms with E-state index in [1.165, 1.54) is 5.06 Å². The lowest BCUT2D eigenvalue weighted by atomic mass is 9.88. The van der Waals surface area contributed by atoms with Crippen LogP contribution in [-0.2, 0) is 9.63 Å². The Morgan fingerprint density at radius 2 is 1.83 bits per heavy atom. The van der Waals surface area contributed by atoms with Gasteiger partial charge in [-0.15, -0.1) is 0 Å². The molecule has 0 unspecified atom stereocenters. The summed E-state index contributed by atoms with van der Waals surface area (Å²) in [6.45, 7) is 0.715. The molecule has 2 heterocycles. The largest absolute Gasteiger partial charge is 0.493 e. The van der Waals surface area contributed by atoms with Crippen molar-refractivity contribution in [3.05, 3.63) is 76.8 Å². The Morgan fingerprint density at radius 1 is 1.03 bits per heavy atom. The van der Waals surface area contributed by atoms with Crippen LogP contribution in [0.2, 0.25) is 5.02 Å². The maximum atomic E-state index is 13.0. The van der Waals surface area contributed by atoms with Gasteiger partial charge in [0, 0.05) is 22.1 Å². The van der Waals surface area contributed by atoms with Gasteiger partial charge in [-0.1, -0.05) is 41.9 Å². The first kappa shape index (κ1) is 18.9. The first-order valence-corrected chi connectivity index (χ1v) is 10.1. The summed E-state index contributed by atoms with van der Waals surface area (Å²) >= 11 is 5.86. The molecule has 1 saturated heterocycles. The second kappa shape index (κ2) is 7.63. The van der Waals surface area contributed by atoms with Crippen LogP contribution in [0.15, 0.2) is 60.7 Å². The van der Waals surface area contributed by atoms with Crippen LogP contribution in [0.3, 0.4) is 0 Å². The molecular formula is C23H19ClN2O4. The minimum atomic E-state index is -0.339. The fourth-order valence-electron chi connectivity index (χ4n) is 4.10. The first-order valence-electron chi connectivity index (χ1n) is 9.75. The van der Waals surface area contributed by atoms with Gasteiger partial charge < -0.3 is 10.1 Å². The van der Waals surface area contributed by atoms with E-state index in [0.717, 1.165) is 22.1 Å². The van der Waals surface area contributed by atoms with Gasteiger partial charge in [0.1, 0.15) is 5.75 Å². The molecule has 7 heteroatoms. The fraction of sp³-hybridized carbons (Fsp3) is 0.217. The lowest BCUT2D eigenvalue weighted by Crippen LogP contribution is -2.41. The van der Waals surface area contributed by atoms with Crippen LogP contribution in [0.5, 0.6) is 5.75 Å². The molecule has 0 aromatic heterocycles. The molecular weight excluding hydrogens is 404 g/mol. The van der Waals surface area contributed by atoms with Gasteiger partial charge in [-0.05, 0) is 41.1 Å². The van der Waals surface area contributed by atoms with Gasteiger partial charge in [0.2, 0.25) is 0 Å². The van der Waals surface area contributed by atoms with Crippen LogP contribution in [0, 0.1) is 5.92 Å². The summed E-state index contributed by atoms with van der Waals surface area (Å²) in [5, 5.41) is 6.74. The Morgan fingerprint density at radius 3 is 2.67 bits per heavy atom. The van der Waals surface area contributed by atoms with Crippen molar-refractivity contribution in [2.45, 2.75) is 6.04 Å². The van der Waals surface area contributed by atoms with Gasteiger partial charge in [0.15, 0.2) is 0 Å². The summed E-state index contributed by atoms with van der Waals surface area (Å²) in [6.07, 6.45) is 0. The van der Waals surface area contributed by atoms with Gasteiger partial charge in [0.05, 0.1) is 25.8 Å². The zero-order chi connectivity index (χ0) is 20.7. The molecule has 0 aliphatic carbocycles. The summed E-state index contributed by atoms with van der Waals surface area (Å²) in [5.74, 6) is 0.168. The van der Waals surface area contributed by atoms with Crippen molar-refractivity contribution < 1.29 is 19.2 Å². The Labute approximate surface area is 178 Å². The zero-order valence-electron chi connectivity index (χ0n) is 16.0. The number of rotatable bonds is 3. The number of benzene rings is 3. The van der Waals surface area contributed by atoms with Crippen molar-refractivity contribution in [3.8, 4) is 5.75 Å². The fourth-order valence-corrected chi connectivity index (χ4v) is 4.22. The maximum Gasteiger partial charge on any atom is 0.266 e. The molecule has 2 atom stereocenters. The molecule has 0 bridgehead atoms. The Bertz CT molecular complexity index is 1130. The molecule has 1 fully saturated rings. The van der Waals surface area contributed by atoms with E-state index in [4.69, 9.17) is 21.2 Å². The number of carbonyl (C=O) groups excluding carboxylic acids is 2. The first-order chi connectivity index (χ1) is 14.6. The lowest BCUT2D eigenvalue weighted by molar-refractivity contribution is -0.175. The van der Waals surface area contributed by atoms with E-state index in [2.05, 4.69) is 5.32 Å². The summed E-state index contributed by atoms with van der Waals surface area (Å²) < 4.78 is 5.94. The maximum absolute atomic E-state index is 13.0. The minimum Gasteiger partial charge on any atom is -0.493 e. The molecule has 152 valence electrons. The standard InChI is InChI=1S/C23H19ClN2O4/c24-17-8-5-15(6-9-17)23(28)25-11-20(27)26-22-16(13-30-26)12-29-19-10-7-14-3-1-2-4-18(14)21(19)22/h1-10,16,22H,11-13H2,(H,25,28)/t16-,22-/m1/s1. The van der Waals surface area contributed by atoms with Crippen LogP contribution >= 0.6 is 11.6 Å². The molecule has 2 amide bonds. The van der Waals surface area contributed by atoms with E-state index >= 15 is 0 Å². The third kappa shape index (κ3) is 3.28. The van der Waals surface area contributed by atoms with Crippen molar-refractivity contribution in [1.29, 1.82) is 0 Å². The summed E-state index contributed by atoms with van der Waals surface area (Å²) in [7, 11) is 0. The third-order valence-electron chi connectivity index (χ3n) is 5.56. The third-order valence-corrected chi connectivity index (χ3v) is 5.81. The Balaban J connectivity index is 1.38. The number of ether oxygens (including phenoxy) is 1. The molecule has 1 N–H and O–H groups in total. The Hall–Kier alpha value is -3.09. The number of nitrogens with one attached hydrogen (secondary N) is 1. The van der Waals surface area contributed by atoms with Crippen molar-refractivity contribution in [2.75, 3.05) is 19.8 Å². The van der Waals surface area contributed by atoms with E-state index in [-0.39, 0.29) is 30.3 Å². The smallest absolute Gasteiger partial charge is 0.266 e. The van der Waals surface area contributed by atoms with Crippen LogP contribution in [-0.4, -0.2) is 36.6 Å². The van der Waals surface area contributed by atoms with Gasteiger partial charge in [-0.2, -0.15) is 0 Å². The van der Waals surface area contributed by atoms with Crippen molar-refractivity contribution in [1.82, 2.24) is 10.4 Å². The number of nitrogens with zero attached hydrogens (tertiary/aromatic N) is 1. The lowest BCUT2D eigenvalue weighted by Gasteiger charge is -2.32. The molecule has 3 aromatic rings. The molecule has 0 spiro atoms. The second-order valence-corrected chi connectivity index (χ2v) is 7.86. The number of hydrogen-bond donors (Lipinski definition) is 1. The van der Waals surface area contributed by atoms with Gasteiger partial charge >= 0.3 is 0 Å². The topological polar surface area (TPSA) is 67.9 Å². The van der Waals surface area contributed by atoms with Crippen molar-refractivity contribution in [3.63, 3.8) is 0 Å². The van der Waals surface area contributed by atoms with Crippen LogP contribution < -0.4 is 10.1 Å². The predicted molar refractivity (Wildman–Crippen MR) is 112 cm³/mol. The van der Waals surface area contributed by atoms with Crippen LogP contribution in [0.25, 0.3) is 10.8 Å². The molecule has 3 aromatic carbocycles. The molecule has 5 rings (SSSR count). The highest BCUT2D eigenvalue weighted by Gasteiger charge is 2.44. The second-order valence-electron chi connectivity index (χ2n) is 7.42. The molecule has 0 saturated carbocycles. The highest BCUT2D eigenvalue weighted by Crippen LogP contribution is 2.46. The number of carbonyl (C=O) groups is 2. The van der Waals surface area contributed by atoms with Gasteiger partial charge in [-0.3, -0.25) is 14.4 Å². The highest BCUT2D eigenvalue weighted by atomic mass is 35.5. The Kier molecular flexibility index (Phi) is 4.81. The molecule has 30 heavy (non-hydrogen) atoms. The highest BCUT2D eigenvalue weighted by molar-refractivity contribution is 6.30. The van der Waals surface area contributed by atoms with E-state index in [0.29, 0.717) is 23.8 Å². The van der Waals surface area contributed by atoms with Crippen molar-refractivity contribution in [2.24, 2.45) is 5.92 Å². The van der Waals surface area contributed by atoms with Gasteiger partial charge in [-0.25, -0.2) is 5.06 Å². The molecule has 6 nitrogen and oxygen atoms in total. The summed E-state index contributed by atoms with van der Waals surface area (Å²) in [6, 6.07) is 18.2. The van der Waals surface area contributed by atoms with Crippen molar-refractivity contribution >= 4 is 34.2 Å².